The molecule has 0 saturated carbocycles. The second kappa shape index (κ2) is 3.12. The molecular weight excluding hydrogens is 168 g/mol. The van der Waals surface area contributed by atoms with E-state index in [0.29, 0.717) is 26.1 Å². The fourth-order valence-electron chi connectivity index (χ4n) is 1.80. The van der Waals surface area contributed by atoms with E-state index in [1.807, 2.05) is 13.1 Å². The summed E-state index contributed by atoms with van der Waals surface area (Å²) in [4.78, 5) is 0. The van der Waals surface area contributed by atoms with E-state index >= 15 is 0 Å². The molecule has 0 unspecified atom stereocenters. The van der Waals surface area contributed by atoms with Gasteiger partial charge in [-0.3, -0.25) is 4.68 Å². The quantitative estimate of drug-likeness (QED) is 0.684. The zero-order valence-corrected chi connectivity index (χ0v) is 7.73. The van der Waals surface area contributed by atoms with Crippen LogP contribution >= 0.6 is 0 Å². The molecule has 1 aliphatic heterocycles. The smallest absolute Gasteiger partial charge is 0.111 e. The fraction of sp³-hybridized carbons (Fsp3) is 0.667. The molecular formula is C9H14N2O2. The fourth-order valence-corrected chi connectivity index (χ4v) is 1.80. The number of rotatable bonds is 1. The van der Waals surface area contributed by atoms with Gasteiger partial charge >= 0.3 is 0 Å². The van der Waals surface area contributed by atoms with E-state index in [1.165, 1.54) is 0 Å². The summed E-state index contributed by atoms with van der Waals surface area (Å²) in [6.07, 6.45) is 3.03. The van der Waals surface area contributed by atoms with Crippen molar-refractivity contribution in [3.63, 3.8) is 0 Å². The molecule has 2 heterocycles. The van der Waals surface area contributed by atoms with E-state index in [9.17, 15) is 5.11 Å². The van der Waals surface area contributed by atoms with Crippen molar-refractivity contribution in [1.29, 1.82) is 0 Å². The molecule has 0 spiro atoms. The maximum atomic E-state index is 10.3. The second-order valence-corrected chi connectivity index (χ2v) is 3.48. The molecule has 1 aromatic rings. The van der Waals surface area contributed by atoms with Crippen LogP contribution in [0.3, 0.4) is 0 Å². The first-order chi connectivity index (χ1) is 6.22. The van der Waals surface area contributed by atoms with Crippen LogP contribution < -0.4 is 0 Å². The summed E-state index contributed by atoms with van der Waals surface area (Å²) < 4.78 is 6.94. The van der Waals surface area contributed by atoms with Gasteiger partial charge in [0.15, 0.2) is 0 Å². The van der Waals surface area contributed by atoms with Crippen LogP contribution in [0.25, 0.3) is 0 Å². The molecule has 0 bridgehead atoms. The van der Waals surface area contributed by atoms with E-state index in [4.69, 9.17) is 4.74 Å². The summed E-state index contributed by atoms with van der Waals surface area (Å²) in [5, 5.41) is 14.3. The van der Waals surface area contributed by atoms with Gasteiger partial charge in [-0.15, -0.1) is 0 Å². The van der Waals surface area contributed by atoms with Crippen molar-refractivity contribution in [2.24, 2.45) is 7.05 Å². The van der Waals surface area contributed by atoms with Crippen LogP contribution in [0.4, 0.5) is 0 Å². The average molecular weight is 182 g/mol. The Bertz CT molecular complexity index is 290. The molecule has 13 heavy (non-hydrogen) atoms. The van der Waals surface area contributed by atoms with Gasteiger partial charge in [0, 0.05) is 39.3 Å². The highest BCUT2D eigenvalue weighted by Gasteiger charge is 2.33. The minimum absolute atomic E-state index is 0.627. The number of hydrogen-bond acceptors (Lipinski definition) is 3. The Balaban J connectivity index is 2.27. The van der Waals surface area contributed by atoms with Crippen LogP contribution in [0, 0.1) is 0 Å². The van der Waals surface area contributed by atoms with Crippen molar-refractivity contribution in [3.05, 3.63) is 18.0 Å². The minimum Gasteiger partial charge on any atom is -0.383 e. The van der Waals surface area contributed by atoms with Crippen molar-refractivity contribution in [1.82, 2.24) is 9.78 Å². The van der Waals surface area contributed by atoms with Crippen LogP contribution in [0.1, 0.15) is 18.5 Å². The van der Waals surface area contributed by atoms with E-state index in [1.54, 1.807) is 10.9 Å². The molecule has 2 rings (SSSR count). The van der Waals surface area contributed by atoms with Crippen molar-refractivity contribution >= 4 is 0 Å². The average Bonchev–Trinajstić information content (AvgIpc) is 2.53. The summed E-state index contributed by atoms with van der Waals surface area (Å²) >= 11 is 0. The Kier molecular flexibility index (Phi) is 2.09. The van der Waals surface area contributed by atoms with Gasteiger partial charge in [-0.2, -0.15) is 5.10 Å². The third kappa shape index (κ3) is 1.47. The normalized spacial score (nSPS) is 21.7. The van der Waals surface area contributed by atoms with E-state index in [2.05, 4.69) is 5.10 Å². The highest BCUT2D eigenvalue weighted by molar-refractivity contribution is 5.12. The zero-order chi connectivity index (χ0) is 9.31. The Hall–Kier alpha value is -0.870. The number of hydrogen-bond donors (Lipinski definition) is 1. The molecule has 0 aliphatic carbocycles. The van der Waals surface area contributed by atoms with Crippen molar-refractivity contribution < 1.29 is 9.84 Å². The highest BCUT2D eigenvalue weighted by Crippen LogP contribution is 2.30. The van der Waals surface area contributed by atoms with Crippen LogP contribution in [-0.4, -0.2) is 28.1 Å². The Morgan fingerprint density at radius 3 is 2.77 bits per heavy atom. The summed E-state index contributed by atoms with van der Waals surface area (Å²) in [5.74, 6) is 0. The Morgan fingerprint density at radius 1 is 1.54 bits per heavy atom. The molecule has 0 atom stereocenters. The van der Waals surface area contributed by atoms with Crippen LogP contribution in [-0.2, 0) is 17.4 Å². The van der Waals surface area contributed by atoms with Gasteiger partial charge in [-0.25, -0.2) is 0 Å². The maximum absolute atomic E-state index is 10.3. The summed E-state index contributed by atoms with van der Waals surface area (Å²) in [6.45, 7) is 1.25. The largest absolute Gasteiger partial charge is 0.383 e. The molecule has 0 amide bonds. The van der Waals surface area contributed by atoms with E-state index in [-0.39, 0.29) is 0 Å². The molecule has 1 fully saturated rings. The molecule has 0 radical (unpaired) electrons. The first-order valence-corrected chi connectivity index (χ1v) is 4.51. The van der Waals surface area contributed by atoms with Crippen molar-refractivity contribution in [2.45, 2.75) is 18.4 Å². The van der Waals surface area contributed by atoms with Crippen LogP contribution in [0.15, 0.2) is 12.3 Å². The van der Waals surface area contributed by atoms with Crippen LogP contribution in [0.5, 0.6) is 0 Å². The van der Waals surface area contributed by atoms with Gasteiger partial charge in [-0.1, -0.05) is 0 Å². The predicted octanol–water partition coefficient (Wildman–Crippen LogP) is 0.418. The zero-order valence-electron chi connectivity index (χ0n) is 7.73. The highest BCUT2D eigenvalue weighted by atomic mass is 16.5. The predicted molar refractivity (Wildman–Crippen MR) is 47.2 cm³/mol. The lowest BCUT2D eigenvalue weighted by Gasteiger charge is -2.31. The van der Waals surface area contributed by atoms with Gasteiger partial charge in [0.25, 0.3) is 0 Å². The monoisotopic (exact) mass is 182 g/mol. The maximum Gasteiger partial charge on any atom is 0.111 e. The lowest BCUT2D eigenvalue weighted by molar-refractivity contribution is -0.0725. The lowest BCUT2D eigenvalue weighted by Crippen LogP contribution is -2.35. The molecule has 1 aliphatic rings. The molecule has 4 nitrogen and oxygen atoms in total. The van der Waals surface area contributed by atoms with Crippen molar-refractivity contribution in [3.8, 4) is 0 Å². The summed E-state index contributed by atoms with van der Waals surface area (Å²) in [6, 6.07) is 1.87. The number of aryl methyl sites for hydroxylation is 1. The van der Waals surface area contributed by atoms with Gasteiger partial charge in [0.1, 0.15) is 5.60 Å². The molecule has 1 saturated heterocycles. The van der Waals surface area contributed by atoms with Crippen molar-refractivity contribution in [2.75, 3.05) is 13.2 Å². The number of ether oxygens (including phenoxy) is 1. The minimum atomic E-state index is -0.733. The Labute approximate surface area is 77.1 Å². The molecule has 0 aromatic carbocycles. The standard InChI is InChI=1S/C9H14N2O2/c1-11-8(2-5-10-11)9(12)3-6-13-7-4-9/h2,5,12H,3-4,6-7H2,1H3. The summed E-state index contributed by atoms with van der Waals surface area (Å²) in [5.41, 5.74) is 0.152. The number of nitrogens with zero attached hydrogens (tertiary/aromatic N) is 2. The van der Waals surface area contributed by atoms with Gasteiger partial charge < -0.3 is 9.84 Å². The summed E-state index contributed by atoms with van der Waals surface area (Å²) in [7, 11) is 1.85. The molecule has 1 N–H and O–H groups in total. The molecule has 4 heteroatoms. The molecule has 1 aromatic heterocycles. The van der Waals surface area contributed by atoms with Gasteiger partial charge in [-0.05, 0) is 6.07 Å². The van der Waals surface area contributed by atoms with E-state index < -0.39 is 5.60 Å². The lowest BCUT2D eigenvalue weighted by atomic mass is 9.91. The SMILES string of the molecule is Cn1nccc1C1(O)CCOCC1. The third-order valence-electron chi connectivity index (χ3n) is 2.62. The first kappa shape index (κ1) is 8.72. The van der Waals surface area contributed by atoms with Crippen LogP contribution in [0.2, 0.25) is 0 Å². The Morgan fingerprint density at radius 2 is 2.23 bits per heavy atom. The van der Waals surface area contributed by atoms with Gasteiger partial charge in [0.05, 0.1) is 5.69 Å². The second-order valence-electron chi connectivity index (χ2n) is 3.48. The number of aromatic nitrogens is 2. The first-order valence-electron chi connectivity index (χ1n) is 4.51. The topological polar surface area (TPSA) is 47.3 Å². The van der Waals surface area contributed by atoms with E-state index in [0.717, 1.165) is 5.69 Å². The third-order valence-corrected chi connectivity index (χ3v) is 2.62. The molecule has 72 valence electrons. The van der Waals surface area contributed by atoms with Gasteiger partial charge in [0.2, 0.25) is 0 Å². The number of aliphatic hydroxyl groups is 1.